The number of likely N-dealkylation sites (tertiary alicyclic amines) is 1. The number of halogens is 1. The van der Waals surface area contributed by atoms with E-state index in [0.29, 0.717) is 6.61 Å². The van der Waals surface area contributed by atoms with Crippen LogP contribution in [0, 0.1) is 5.92 Å². The molecule has 0 N–H and O–H groups in total. The van der Waals surface area contributed by atoms with Crippen LogP contribution < -0.4 is 9.47 Å². The molecule has 0 aliphatic carbocycles. The molecule has 1 aromatic carbocycles. The van der Waals surface area contributed by atoms with Gasteiger partial charge < -0.3 is 14.2 Å². The zero-order valence-electron chi connectivity index (χ0n) is 13.6. The van der Waals surface area contributed by atoms with E-state index < -0.39 is 0 Å². The SMILES string of the molecule is FC[C@@H]1CCN(CCOc2ccc(OC3CCCCO3)cc2)C1. The highest BCUT2D eigenvalue weighted by molar-refractivity contribution is 5.31. The van der Waals surface area contributed by atoms with Crippen molar-refractivity contribution in [2.24, 2.45) is 5.92 Å². The molecule has 128 valence electrons. The fourth-order valence-electron chi connectivity index (χ4n) is 3.10. The first-order valence-electron chi connectivity index (χ1n) is 8.63. The van der Waals surface area contributed by atoms with Crippen LogP contribution >= 0.6 is 0 Å². The quantitative estimate of drug-likeness (QED) is 0.771. The Morgan fingerprint density at radius 1 is 1.13 bits per heavy atom. The fourth-order valence-corrected chi connectivity index (χ4v) is 3.10. The van der Waals surface area contributed by atoms with Crippen molar-refractivity contribution in [2.75, 3.05) is 39.5 Å². The predicted octanol–water partition coefficient (Wildman–Crippen LogP) is 3.26. The summed E-state index contributed by atoms with van der Waals surface area (Å²) in [5.74, 6) is 1.87. The number of hydrogen-bond donors (Lipinski definition) is 0. The largest absolute Gasteiger partial charge is 0.492 e. The van der Waals surface area contributed by atoms with Crippen LogP contribution in [0.3, 0.4) is 0 Å². The van der Waals surface area contributed by atoms with Gasteiger partial charge >= 0.3 is 0 Å². The Morgan fingerprint density at radius 3 is 2.65 bits per heavy atom. The lowest BCUT2D eigenvalue weighted by molar-refractivity contribution is -0.105. The second-order valence-electron chi connectivity index (χ2n) is 6.34. The molecule has 2 saturated heterocycles. The molecule has 23 heavy (non-hydrogen) atoms. The molecule has 2 atom stereocenters. The number of nitrogens with zero attached hydrogens (tertiary/aromatic N) is 1. The van der Waals surface area contributed by atoms with Gasteiger partial charge in [-0.25, -0.2) is 0 Å². The minimum absolute atomic E-state index is 0.117. The molecule has 0 aromatic heterocycles. The maximum Gasteiger partial charge on any atom is 0.199 e. The molecule has 0 bridgehead atoms. The first-order valence-corrected chi connectivity index (χ1v) is 8.63. The smallest absolute Gasteiger partial charge is 0.199 e. The molecule has 3 rings (SSSR count). The summed E-state index contributed by atoms with van der Waals surface area (Å²) in [5, 5.41) is 0. The van der Waals surface area contributed by atoms with Crippen LogP contribution in [0.2, 0.25) is 0 Å². The van der Waals surface area contributed by atoms with E-state index in [9.17, 15) is 4.39 Å². The van der Waals surface area contributed by atoms with E-state index in [1.165, 1.54) is 0 Å². The van der Waals surface area contributed by atoms with E-state index >= 15 is 0 Å². The molecule has 1 unspecified atom stereocenters. The van der Waals surface area contributed by atoms with Crippen molar-refractivity contribution < 1.29 is 18.6 Å². The summed E-state index contributed by atoms with van der Waals surface area (Å²) in [4.78, 5) is 2.27. The summed E-state index contributed by atoms with van der Waals surface area (Å²) in [6.07, 6.45) is 4.08. The first-order chi connectivity index (χ1) is 11.3. The minimum Gasteiger partial charge on any atom is -0.492 e. The van der Waals surface area contributed by atoms with Crippen molar-refractivity contribution in [2.45, 2.75) is 32.0 Å². The molecule has 5 heteroatoms. The second-order valence-corrected chi connectivity index (χ2v) is 6.34. The lowest BCUT2D eigenvalue weighted by atomic mass is 10.1. The van der Waals surface area contributed by atoms with Gasteiger partial charge in [-0.15, -0.1) is 0 Å². The average molecular weight is 323 g/mol. The van der Waals surface area contributed by atoms with Crippen molar-refractivity contribution in [1.82, 2.24) is 4.90 Å². The van der Waals surface area contributed by atoms with Crippen LogP contribution in [0.4, 0.5) is 4.39 Å². The monoisotopic (exact) mass is 323 g/mol. The van der Waals surface area contributed by atoms with Crippen LogP contribution in [-0.4, -0.2) is 50.7 Å². The number of ether oxygens (including phenoxy) is 3. The number of hydrogen-bond acceptors (Lipinski definition) is 4. The molecular formula is C18H26FNO3. The predicted molar refractivity (Wildman–Crippen MR) is 86.7 cm³/mol. The van der Waals surface area contributed by atoms with Gasteiger partial charge in [0.2, 0.25) is 0 Å². The third kappa shape index (κ3) is 5.08. The van der Waals surface area contributed by atoms with E-state index in [0.717, 1.165) is 63.4 Å². The Labute approximate surface area is 137 Å². The van der Waals surface area contributed by atoms with Gasteiger partial charge in [0, 0.05) is 25.4 Å². The standard InChI is InChI=1S/C18H26FNO3/c19-13-15-8-9-20(14-15)10-12-21-16-4-6-17(7-5-16)23-18-3-1-2-11-22-18/h4-7,15,18H,1-3,8-14H2/t15-,18?/m0/s1. The zero-order valence-corrected chi connectivity index (χ0v) is 13.6. The lowest BCUT2D eigenvalue weighted by Crippen LogP contribution is -2.26. The topological polar surface area (TPSA) is 30.9 Å². The van der Waals surface area contributed by atoms with Crippen molar-refractivity contribution in [3.05, 3.63) is 24.3 Å². The van der Waals surface area contributed by atoms with E-state index in [2.05, 4.69) is 4.90 Å². The zero-order chi connectivity index (χ0) is 15.9. The summed E-state index contributed by atoms with van der Waals surface area (Å²) >= 11 is 0. The maximum absolute atomic E-state index is 12.6. The summed E-state index contributed by atoms with van der Waals surface area (Å²) in [7, 11) is 0. The van der Waals surface area contributed by atoms with E-state index in [-0.39, 0.29) is 18.9 Å². The number of benzene rings is 1. The third-order valence-electron chi connectivity index (χ3n) is 4.49. The number of rotatable bonds is 7. The van der Waals surface area contributed by atoms with E-state index in [1.807, 2.05) is 24.3 Å². The Kier molecular flexibility index (Phi) is 6.11. The van der Waals surface area contributed by atoms with Crippen molar-refractivity contribution in [3.8, 4) is 11.5 Å². The molecule has 0 saturated carbocycles. The molecular weight excluding hydrogens is 297 g/mol. The average Bonchev–Trinajstić information content (AvgIpc) is 3.05. The Hall–Kier alpha value is -1.33. The summed E-state index contributed by atoms with van der Waals surface area (Å²) in [5.41, 5.74) is 0. The van der Waals surface area contributed by atoms with E-state index in [1.54, 1.807) is 0 Å². The van der Waals surface area contributed by atoms with Gasteiger partial charge in [0.05, 0.1) is 13.3 Å². The lowest BCUT2D eigenvalue weighted by Gasteiger charge is -2.23. The third-order valence-corrected chi connectivity index (χ3v) is 4.49. The molecule has 2 fully saturated rings. The van der Waals surface area contributed by atoms with Gasteiger partial charge in [-0.1, -0.05) is 0 Å². The van der Waals surface area contributed by atoms with Crippen LogP contribution in [0.5, 0.6) is 11.5 Å². The molecule has 2 aliphatic heterocycles. The van der Waals surface area contributed by atoms with Gasteiger partial charge in [0.15, 0.2) is 6.29 Å². The van der Waals surface area contributed by atoms with Gasteiger partial charge in [-0.05, 0) is 50.1 Å². The van der Waals surface area contributed by atoms with Crippen LogP contribution in [-0.2, 0) is 4.74 Å². The van der Waals surface area contributed by atoms with Crippen molar-refractivity contribution in [1.29, 1.82) is 0 Å². The van der Waals surface area contributed by atoms with Crippen LogP contribution in [0.1, 0.15) is 25.7 Å². The number of alkyl halides is 1. The summed E-state index contributed by atoms with van der Waals surface area (Å²) < 4.78 is 29.7. The Balaban J connectivity index is 1.37. The van der Waals surface area contributed by atoms with E-state index in [4.69, 9.17) is 14.2 Å². The van der Waals surface area contributed by atoms with Gasteiger partial charge in [-0.3, -0.25) is 9.29 Å². The van der Waals surface area contributed by atoms with Crippen LogP contribution in [0.15, 0.2) is 24.3 Å². The Bertz CT molecular complexity index is 462. The van der Waals surface area contributed by atoms with Gasteiger partial charge in [0.25, 0.3) is 0 Å². The highest BCUT2D eigenvalue weighted by Gasteiger charge is 2.21. The van der Waals surface area contributed by atoms with Gasteiger partial charge in [0.1, 0.15) is 18.1 Å². The maximum atomic E-state index is 12.6. The van der Waals surface area contributed by atoms with Crippen molar-refractivity contribution in [3.63, 3.8) is 0 Å². The summed E-state index contributed by atoms with van der Waals surface area (Å²) in [6, 6.07) is 7.68. The molecule has 4 nitrogen and oxygen atoms in total. The molecule has 0 radical (unpaired) electrons. The van der Waals surface area contributed by atoms with Gasteiger partial charge in [-0.2, -0.15) is 0 Å². The highest BCUT2D eigenvalue weighted by Crippen LogP contribution is 2.22. The first kappa shape index (κ1) is 16.5. The molecule has 1 aromatic rings. The molecule has 2 heterocycles. The Morgan fingerprint density at radius 2 is 1.96 bits per heavy atom. The molecule has 2 aliphatic rings. The van der Waals surface area contributed by atoms with Crippen LogP contribution in [0.25, 0.3) is 0 Å². The fraction of sp³-hybridized carbons (Fsp3) is 0.667. The molecule has 0 amide bonds. The van der Waals surface area contributed by atoms with Crippen molar-refractivity contribution >= 4 is 0 Å². The highest BCUT2D eigenvalue weighted by atomic mass is 19.1. The normalized spacial score (nSPS) is 25.4. The minimum atomic E-state index is -0.205. The molecule has 0 spiro atoms. The summed E-state index contributed by atoms with van der Waals surface area (Å²) in [6.45, 7) is 3.89. The second kappa shape index (κ2) is 8.50.